The zero-order valence-electron chi connectivity index (χ0n) is 10.1. The molecule has 1 aromatic carbocycles. The first-order valence-corrected chi connectivity index (χ1v) is 6.16. The Kier molecular flexibility index (Phi) is 4.15. The van der Waals surface area contributed by atoms with Crippen molar-refractivity contribution in [1.82, 2.24) is 0 Å². The fourth-order valence-electron chi connectivity index (χ4n) is 2.14. The van der Waals surface area contributed by atoms with Gasteiger partial charge >= 0.3 is 5.97 Å². The maximum atomic E-state index is 11.5. The molecule has 1 aliphatic rings. The van der Waals surface area contributed by atoms with Gasteiger partial charge in [-0.2, -0.15) is 0 Å². The maximum Gasteiger partial charge on any atom is 0.338 e. The number of benzene rings is 1. The lowest BCUT2D eigenvalue weighted by molar-refractivity contribution is 0.0526. The van der Waals surface area contributed by atoms with E-state index in [1.54, 1.807) is 0 Å². The van der Waals surface area contributed by atoms with Gasteiger partial charge in [0.05, 0.1) is 12.2 Å². The van der Waals surface area contributed by atoms with Crippen molar-refractivity contribution in [1.29, 1.82) is 0 Å². The second-order valence-corrected chi connectivity index (χ2v) is 4.23. The molecule has 0 radical (unpaired) electrons. The first kappa shape index (κ1) is 12.1. The summed E-state index contributed by atoms with van der Waals surface area (Å²) >= 11 is 0. The van der Waals surface area contributed by atoms with Gasteiger partial charge in [0.2, 0.25) is 0 Å². The van der Waals surface area contributed by atoms with Crippen LogP contribution in [0, 0.1) is 0 Å². The molecule has 0 atom stereocenters. The van der Waals surface area contributed by atoms with Crippen LogP contribution in [-0.4, -0.2) is 25.8 Å². The summed E-state index contributed by atoms with van der Waals surface area (Å²) in [6.45, 7) is 3.91. The van der Waals surface area contributed by atoms with Gasteiger partial charge in [0, 0.05) is 13.2 Å². The molecule has 0 N–H and O–H groups in total. The molecule has 0 saturated carbocycles. The summed E-state index contributed by atoms with van der Waals surface area (Å²) in [6, 6.07) is 7.76. The Balaban J connectivity index is 2.04. The molecular formula is C14H18O3. The van der Waals surface area contributed by atoms with E-state index in [1.165, 1.54) is 5.56 Å². The monoisotopic (exact) mass is 234 g/mol. The van der Waals surface area contributed by atoms with E-state index in [9.17, 15) is 4.79 Å². The molecule has 3 heteroatoms. The molecule has 2 rings (SSSR count). The third kappa shape index (κ3) is 3.07. The van der Waals surface area contributed by atoms with Gasteiger partial charge in [0.1, 0.15) is 0 Å². The topological polar surface area (TPSA) is 35.5 Å². The highest BCUT2D eigenvalue weighted by Crippen LogP contribution is 2.26. The van der Waals surface area contributed by atoms with Crippen molar-refractivity contribution >= 4 is 5.97 Å². The van der Waals surface area contributed by atoms with Crippen molar-refractivity contribution in [3.05, 3.63) is 35.4 Å². The van der Waals surface area contributed by atoms with Gasteiger partial charge in [-0.3, -0.25) is 0 Å². The number of carbonyl (C=O) groups excluding carboxylic acids is 1. The molecule has 3 nitrogen and oxygen atoms in total. The Morgan fingerprint density at radius 2 is 1.94 bits per heavy atom. The Bertz CT molecular complexity index is 364. The summed E-state index contributed by atoms with van der Waals surface area (Å²) < 4.78 is 10.3. The SMILES string of the molecule is CCOC(=O)c1ccc(C2CCOCC2)cc1. The number of ether oxygens (including phenoxy) is 2. The van der Waals surface area contributed by atoms with E-state index in [4.69, 9.17) is 9.47 Å². The molecule has 0 aromatic heterocycles. The highest BCUT2D eigenvalue weighted by Gasteiger charge is 2.16. The molecule has 0 bridgehead atoms. The van der Waals surface area contributed by atoms with Crippen LogP contribution in [0.1, 0.15) is 41.6 Å². The van der Waals surface area contributed by atoms with Crippen LogP contribution < -0.4 is 0 Å². The van der Waals surface area contributed by atoms with Crippen LogP contribution in [0.3, 0.4) is 0 Å². The summed E-state index contributed by atoms with van der Waals surface area (Å²) in [5, 5.41) is 0. The van der Waals surface area contributed by atoms with Crippen LogP contribution in [0.4, 0.5) is 0 Å². The van der Waals surface area contributed by atoms with E-state index in [1.807, 2.05) is 31.2 Å². The summed E-state index contributed by atoms with van der Waals surface area (Å²) in [5.74, 6) is 0.325. The van der Waals surface area contributed by atoms with Crippen LogP contribution in [0.5, 0.6) is 0 Å². The molecule has 1 aromatic rings. The van der Waals surface area contributed by atoms with Gasteiger partial charge < -0.3 is 9.47 Å². The highest BCUT2D eigenvalue weighted by atomic mass is 16.5. The van der Waals surface area contributed by atoms with Crippen LogP contribution >= 0.6 is 0 Å². The number of hydrogen-bond acceptors (Lipinski definition) is 3. The minimum atomic E-state index is -0.244. The summed E-state index contributed by atoms with van der Waals surface area (Å²) in [4.78, 5) is 11.5. The molecule has 0 unspecified atom stereocenters. The normalized spacial score (nSPS) is 16.8. The molecule has 1 heterocycles. The standard InChI is InChI=1S/C14H18O3/c1-2-17-14(15)13-5-3-11(4-6-13)12-7-9-16-10-8-12/h3-6,12H,2,7-10H2,1H3. The fraction of sp³-hybridized carbons (Fsp3) is 0.500. The molecule has 1 fully saturated rings. The van der Waals surface area contributed by atoms with E-state index in [2.05, 4.69) is 0 Å². The number of rotatable bonds is 3. The first-order chi connectivity index (χ1) is 8.31. The van der Waals surface area contributed by atoms with Crippen LogP contribution in [-0.2, 0) is 9.47 Å². The molecule has 0 spiro atoms. The quantitative estimate of drug-likeness (QED) is 0.754. The van der Waals surface area contributed by atoms with Crippen molar-refractivity contribution < 1.29 is 14.3 Å². The lowest BCUT2D eigenvalue weighted by atomic mass is 9.91. The Hall–Kier alpha value is -1.35. The van der Waals surface area contributed by atoms with Crippen molar-refractivity contribution in [2.75, 3.05) is 19.8 Å². The van der Waals surface area contributed by atoms with Crippen molar-refractivity contribution in [3.8, 4) is 0 Å². The summed E-state index contributed by atoms with van der Waals surface area (Å²) in [5.41, 5.74) is 1.92. The third-order valence-electron chi connectivity index (χ3n) is 3.11. The lowest BCUT2D eigenvalue weighted by Gasteiger charge is -2.22. The molecular weight excluding hydrogens is 216 g/mol. The minimum Gasteiger partial charge on any atom is -0.462 e. The Morgan fingerprint density at radius 3 is 2.53 bits per heavy atom. The largest absolute Gasteiger partial charge is 0.462 e. The molecule has 1 aliphatic heterocycles. The smallest absolute Gasteiger partial charge is 0.338 e. The first-order valence-electron chi connectivity index (χ1n) is 6.16. The summed E-state index contributed by atoms with van der Waals surface area (Å²) in [7, 11) is 0. The van der Waals surface area contributed by atoms with Gasteiger partial charge in [0.25, 0.3) is 0 Å². The maximum absolute atomic E-state index is 11.5. The van der Waals surface area contributed by atoms with Gasteiger partial charge in [-0.1, -0.05) is 12.1 Å². The summed E-state index contributed by atoms with van der Waals surface area (Å²) in [6.07, 6.45) is 2.14. The van der Waals surface area contributed by atoms with E-state index in [0.717, 1.165) is 26.1 Å². The molecule has 1 saturated heterocycles. The fourth-order valence-corrected chi connectivity index (χ4v) is 2.14. The van der Waals surface area contributed by atoms with Crippen molar-refractivity contribution in [2.45, 2.75) is 25.7 Å². The van der Waals surface area contributed by atoms with Crippen LogP contribution in [0.25, 0.3) is 0 Å². The van der Waals surface area contributed by atoms with Crippen molar-refractivity contribution in [2.24, 2.45) is 0 Å². The van der Waals surface area contributed by atoms with E-state index < -0.39 is 0 Å². The second-order valence-electron chi connectivity index (χ2n) is 4.23. The Morgan fingerprint density at radius 1 is 1.29 bits per heavy atom. The molecule has 0 amide bonds. The number of hydrogen-bond donors (Lipinski definition) is 0. The molecule has 17 heavy (non-hydrogen) atoms. The van der Waals surface area contributed by atoms with Crippen LogP contribution in [0.2, 0.25) is 0 Å². The lowest BCUT2D eigenvalue weighted by Crippen LogP contribution is -2.14. The van der Waals surface area contributed by atoms with Crippen molar-refractivity contribution in [3.63, 3.8) is 0 Å². The molecule has 0 aliphatic carbocycles. The van der Waals surface area contributed by atoms with Gasteiger partial charge in [-0.25, -0.2) is 4.79 Å². The number of carbonyl (C=O) groups is 1. The average molecular weight is 234 g/mol. The van der Waals surface area contributed by atoms with E-state index >= 15 is 0 Å². The predicted octanol–water partition coefficient (Wildman–Crippen LogP) is 2.76. The Labute approximate surface area is 102 Å². The number of esters is 1. The van der Waals surface area contributed by atoms with Crippen LogP contribution in [0.15, 0.2) is 24.3 Å². The zero-order valence-corrected chi connectivity index (χ0v) is 10.1. The predicted molar refractivity (Wildman–Crippen MR) is 65.2 cm³/mol. The minimum absolute atomic E-state index is 0.244. The van der Waals surface area contributed by atoms with E-state index in [-0.39, 0.29) is 5.97 Å². The molecule has 92 valence electrons. The average Bonchev–Trinajstić information content (AvgIpc) is 2.40. The van der Waals surface area contributed by atoms with Gasteiger partial charge in [-0.05, 0) is 43.4 Å². The van der Waals surface area contributed by atoms with Gasteiger partial charge in [-0.15, -0.1) is 0 Å². The van der Waals surface area contributed by atoms with E-state index in [0.29, 0.717) is 18.1 Å². The third-order valence-corrected chi connectivity index (χ3v) is 3.11. The second kappa shape index (κ2) is 5.82. The highest BCUT2D eigenvalue weighted by molar-refractivity contribution is 5.89. The zero-order chi connectivity index (χ0) is 12.1. The van der Waals surface area contributed by atoms with Gasteiger partial charge in [0.15, 0.2) is 0 Å².